The molecule has 7 heteroatoms. The van der Waals surface area contributed by atoms with Gasteiger partial charge in [0.2, 0.25) is 0 Å². The Morgan fingerprint density at radius 1 is 1.24 bits per heavy atom. The van der Waals surface area contributed by atoms with Crippen molar-refractivity contribution in [1.82, 2.24) is 19.7 Å². The van der Waals surface area contributed by atoms with Crippen molar-refractivity contribution in [2.24, 2.45) is 5.84 Å². The number of anilines is 1. The molecule has 3 N–H and O–H groups in total. The fraction of sp³-hybridized carbons (Fsp3) is 0.357. The van der Waals surface area contributed by atoms with Gasteiger partial charge in [-0.3, -0.25) is 4.68 Å². The van der Waals surface area contributed by atoms with Crippen LogP contribution in [-0.4, -0.2) is 19.7 Å². The summed E-state index contributed by atoms with van der Waals surface area (Å²) in [5.74, 6) is 7.02. The highest BCUT2D eigenvalue weighted by atomic mass is 32.1. The second-order valence-electron chi connectivity index (χ2n) is 5.18. The minimum atomic E-state index is 0.542. The molecule has 3 aromatic heterocycles. The molecule has 0 aromatic carbocycles. The minimum absolute atomic E-state index is 0.542. The molecule has 0 amide bonds. The highest BCUT2D eigenvalue weighted by molar-refractivity contribution is 7.18. The Morgan fingerprint density at radius 2 is 2.00 bits per heavy atom. The first kappa shape index (κ1) is 14.0. The van der Waals surface area contributed by atoms with Gasteiger partial charge in [-0.25, -0.2) is 15.8 Å². The van der Waals surface area contributed by atoms with E-state index in [1.807, 2.05) is 24.6 Å². The molecule has 0 aliphatic carbocycles. The molecule has 3 rings (SSSR count). The third-order valence-corrected chi connectivity index (χ3v) is 4.71. The van der Waals surface area contributed by atoms with Crippen LogP contribution in [0, 0.1) is 27.7 Å². The SMILES string of the molecule is Cc1cc(C)n(Cc2nc(NN)c3c(C)c(C)sc3n2)n1. The van der Waals surface area contributed by atoms with Crippen LogP contribution < -0.4 is 11.3 Å². The first-order valence-corrected chi connectivity index (χ1v) is 7.55. The number of rotatable bonds is 3. The fourth-order valence-electron chi connectivity index (χ4n) is 2.44. The summed E-state index contributed by atoms with van der Waals surface area (Å²) in [7, 11) is 0. The zero-order chi connectivity index (χ0) is 15.1. The van der Waals surface area contributed by atoms with E-state index in [1.165, 1.54) is 10.4 Å². The van der Waals surface area contributed by atoms with Crippen LogP contribution in [0.1, 0.15) is 27.7 Å². The van der Waals surface area contributed by atoms with Crippen molar-refractivity contribution in [3.05, 3.63) is 33.7 Å². The summed E-state index contributed by atoms with van der Waals surface area (Å²) in [6, 6.07) is 2.04. The van der Waals surface area contributed by atoms with Gasteiger partial charge >= 0.3 is 0 Å². The summed E-state index contributed by atoms with van der Waals surface area (Å²) in [6.07, 6.45) is 0. The molecule has 0 bridgehead atoms. The van der Waals surface area contributed by atoms with Gasteiger partial charge in [0.1, 0.15) is 11.4 Å². The standard InChI is InChI=1S/C14H18N6S/c1-7-5-8(2)20(19-7)6-11-16-13(18-15)12-9(3)10(4)21-14(12)17-11/h5H,6,15H2,1-4H3,(H,16,17,18). The van der Waals surface area contributed by atoms with E-state index in [-0.39, 0.29) is 0 Å². The molecule has 3 aromatic rings. The zero-order valence-electron chi connectivity index (χ0n) is 12.6. The van der Waals surface area contributed by atoms with E-state index in [1.54, 1.807) is 11.3 Å². The van der Waals surface area contributed by atoms with Crippen LogP contribution in [0.4, 0.5) is 5.82 Å². The number of nitrogens with one attached hydrogen (secondary N) is 1. The van der Waals surface area contributed by atoms with Crippen molar-refractivity contribution in [2.75, 3.05) is 5.43 Å². The lowest BCUT2D eigenvalue weighted by molar-refractivity contribution is 0.635. The van der Waals surface area contributed by atoms with E-state index < -0.39 is 0 Å². The van der Waals surface area contributed by atoms with Crippen molar-refractivity contribution in [3.8, 4) is 0 Å². The highest BCUT2D eigenvalue weighted by Gasteiger charge is 2.14. The van der Waals surface area contributed by atoms with Crippen molar-refractivity contribution >= 4 is 27.4 Å². The summed E-state index contributed by atoms with van der Waals surface area (Å²) in [4.78, 5) is 11.4. The number of fused-ring (bicyclic) bond motifs is 1. The fourth-order valence-corrected chi connectivity index (χ4v) is 3.49. The topological polar surface area (TPSA) is 81.7 Å². The molecule has 110 valence electrons. The molecule has 0 atom stereocenters. The number of aromatic nitrogens is 4. The van der Waals surface area contributed by atoms with E-state index in [2.05, 4.69) is 34.3 Å². The Kier molecular flexibility index (Phi) is 3.38. The first-order valence-electron chi connectivity index (χ1n) is 6.74. The Labute approximate surface area is 127 Å². The van der Waals surface area contributed by atoms with Crippen molar-refractivity contribution in [1.29, 1.82) is 0 Å². The number of nitrogens with zero attached hydrogens (tertiary/aromatic N) is 4. The predicted molar refractivity (Wildman–Crippen MR) is 85.5 cm³/mol. The smallest absolute Gasteiger partial charge is 0.153 e. The van der Waals surface area contributed by atoms with Gasteiger partial charge in [0.05, 0.1) is 11.1 Å². The lowest BCUT2D eigenvalue weighted by Gasteiger charge is -2.07. The number of hydrogen-bond donors (Lipinski definition) is 2. The molecular weight excluding hydrogens is 284 g/mol. The quantitative estimate of drug-likeness (QED) is 0.574. The van der Waals surface area contributed by atoms with Crippen LogP contribution in [0.15, 0.2) is 6.07 Å². The number of nitrogens with two attached hydrogens (primary N) is 1. The molecule has 0 spiro atoms. The van der Waals surface area contributed by atoms with Crippen LogP contribution in [-0.2, 0) is 6.54 Å². The number of hydrogen-bond acceptors (Lipinski definition) is 6. The maximum atomic E-state index is 5.63. The van der Waals surface area contributed by atoms with Gasteiger partial charge in [0.25, 0.3) is 0 Å². The van der Waals surface area contributed by atoms with Crippen molar-refractivity contribution in [3.63, 3.8) is 0 Å². The summed E-state index contributed by atoms with van der Waals surface area (Å²) < 4.78 is 1.91. The molecule has 0 unspecified atom stereocenters. The molecule has 0 aliphatic heterocycles. The van der Waals surface area contributed by atoms with Gasteiger partial charge in [-0.05, 0) is 39.3 Å². The third-order valence-electron chi connectivity index (χ3n) is 3.61. The van der Waals surface area contributed by atoms with Crippen LogP contribution in [0.5, 0.6) is 0 Å². The molecule has 0 saturated heterocycles. The maximum Gasteiger partial charge on any atom is 0.153 e. The summed E-state index contributed by atoms with van der Waals surface area (Å²) in [6.45, 7) is 8.70. The number of hydrazine groups is 1. The molecule has 21 heavy (non-hydrogen) atoms. The predicted octanol–water partition coefficient (Wildman–Crippen LogP) is 2.46. The zero-order valence-corrected chi connectivity index (χ0v) is 13.4. The summed E-state index contributed by atoms with van der Waals surface area (Å²) in [5.41, 5.74) is 5.97. The van der Waals surface area contributed by atoms with Gasteiger partial charge in [0.15, 0.2) is 11.6 Å². The van der Waals surface area contributed by atoms with Crippen LogP contribution in [0.25, 0.3) is 10.2 Å². The minimum Gasteiger partial charge on any atom is -0.308 e. The number of thiophene rings is 1. The molecule has 3 heterocycles. The average molecular weight is 302 g/mol. The average Bonchev–Trinajstić information content (AvgIpc) is 2.89. The van der Waals surface area contributed by atoms with Gasteiger partial charge in [-0.2, -0.15) is 5.10 Å². The Morgan fingerprint density at radius 3 is 2.62 bits per heavy atom. The van der Waals surface area contributed by atoms with Gasteiger partial charge in [0, 0.05) is 10.6 Å². The lowest BCUT2D eigenvalue weighted by Crippen LogP contribution is -2.13. The van der Waals surface area contributed by atoms with Crippen LogP contribution in [0.2, 0.25) is 0 Å². The lowest BCUT2D eigenvalue weighted by atomic mass is 10.2. The Hall–Kier alpha value is -1.99. The van der Waals surface area contributed by atoms with Crippen molar-refractivity contribution in [2.45, 2.75) is 34.2 Å². The van der Waals surface area contributed by atoms with Crippen LogP contribution >= 0.6 is 11.3 Å². The molecule has 0 fully saturated rings. The largest absolute Gasteiger partial charge is 0.308 e. The maximum absolute atomic E-state index is 5.63. The van der Waals surface area contributed by atoms with E-state index in [0.29, 0.717) is 18.2 Å². The normalized spacial score (nSPS) is 11.3. The molecule has 0 saturated carbocycles. The van der Waals surface area contributed by atoms with E-state index in [4.69, 9.17) is 5.84 Å². The number of aryl methyl sites for hydroxylation is 4. The van der Waals surface area contributed by atoms with Gasteiger partial charge in [-0.15, -0.1) is 11.3 Å². The third kappa shape index (κ3) is 2.38. The molecule has 6 nitrogen and oxygen atoms in total. The Balaban J connectivity index is 2.09. The Bertz CT molecular complexity index is 817. The summed E-state index contributed by atoms with van der Waals surface area (Å²) >= 11 is 1.67. The van der Waals surface area contributed by atoms with E-state index >= 15 is 0 Å². The number of nitrogen functional groups attached to an aromatic ring is 1. The van der Waals surface area contributed by atoms with Gasteiger partial charge in [-0.1, -0.05) is 0 Å². The van der Waals surface area contributed by atoms with E-state index in [0.717, 1.165) is 21.6 Å². The second kappa shape index (κ2) is 5.09. The summed E-state index contributed by atoms with van der Waals surface area (Å²) in [5, 5.41) is 5.46. The van der Waals surface area contributed by atoms with Crippen LogP contribution in [0.3, 0.4) is 0 Å². The second-order valence-corrected chi connectivity index (χ2v) is 6.38. The highest BCUT2D eigenvalue weighted by Crippen LogP contribution is 2.32. The monoisotopic (exact) mass is 302 g/mol. The first-order chi connectivity index (χ1) is 9.99. The van der Waals surface area contributed by atoms with E-state index in [9.17, 15) is 0 Å². The molecular formula is C14H18N6S. The molecule has 0 aliphatic rings. The van der Waals surface area contributed by atoms with Gasteiger partial charge < -0.3 is 5.43 Å². The molecule has 0 radical (unpaired) electrons. The van der Waals surface area contributed by atoms with Crippen molar-refractivity contribution < 1.29 is 0 Å².